The predicted octanol–water partition coefficient (Wildman–Crippen LogP) is 3.94. The van der Waals surface area contributed by atoms with Gasteiger partial charge in [-0.05, 0) is 55.7 Å². The van der Waals surface area contributed by atoms with Crippen molar-refractivity contribution in [3.8, 4) is 17.2 Å². The molecule has 0 radical (unpaired) electrons. The van der Waals surface area contributed by atoms with Crippen LogP contribution in [0.25, 0.3) is 0 Å². The molecule has 2 aromatic rings. The molecule has 150 valence electrons. The van der Waals surface area contributed by atoms with Crippen molar-refractivity contribution >= 4 is 6.03 Å². The van der Waals surface area contributed by atoms with E-state index in [1.165, 1.54) is 0 Å². The molecule has 1 unspecified atom stereocenters. The summed E-state index contributed by atoms with van der Waals surface area (Å²) in [4.78, 5) is 14.6. The Balaban J connectivity index is 1.59. The van der Waals surface area contributed by atoms with Crippen LogP contribution in [0.2, 0.25) is 0 Å². The van der Waals surface area contributed by atoms with Crippen molar-refractivity contribution < 1.29 is 19.0 Å². The number of hydrogen-bond acceptors (Lipinski definition) is 4. The Morgan fingerprint density at radius 2 is 2.00 bits per heavy atom. The van der Waals surface area contributed by atoms with Crippen molar-refractivity contribution in [3.63, 3.8) is 0 Å². The van der Waals surface area contributed by atoms with Crippen LogP contribution in [-0.4, -0.2) is 44.8 Å². The Morgan fingerprint density at radius 3 is 2.75 bits per heavy atom. The summed E-state index contributed by atoms with van der Waals surface area (Å²) in [7, 11) is 3.28. The zero-order valence-corrected chi connectivity index (χ0v) is 16.7. The van der Waals surface area contributed by atoms with Crippen LogP contribution in [0.15, 0.2) is 42.5 Å². The van der Waals surface area contributed by atoms with Crippen LogP contribution in [-0.2, 0) is 0 Å². The van der Waals surface area contributed by atoms with Crippen LogP contribution in [0.1, 0.15) is 30.0 Å². The summed E-state index contributed by atoms with van der Waals surface area (Å²) in [5, 5.41) is 2.97. The van der Waals surface area contributed by atoms with Crippen LogP contribution in [0.4, 0.5) is 4.79 Å². The lowest BCUT2D eigenvalue weighted by Crippen LogP contribution is -2.41. The molecule has 0 spiro atoms. The first-order chi connectivity index (χ1) is 13.6. The lowest BCUT2D eigenvalue weighted by Gasteiger charge is -2.27. The molecule has 0 aromatic heterocycles. The Bertz CT molecular complexity index is 809. The average Bonchev–Trinajstić information content (AvgIpc) is 3.20. The van der Waals surface area contributed by atoms with Gasteiger partial charge in [-0.2, -0.15) is 0 Å². The molecule has 1 aliphatic rings. The number of amides is 2. The Labute approximate surface area is 166 Å². The minimum absolute atomic E-state index is 0.0252. The number of carbonyl (C=O) groups is 1. The summed E-state index contributed by atoms with van der Waals surface area (Å²) in [6.45, 7) is 3.62. The highest BCUT2D eigenvalue weighted by molar-refractivity contribution is 5.75. The van der Waals surface area contributed by atoms with E-state index in [9.17, 15) is 4.79 Å². The predicted molar refractivity (Wildman–Crippen MR) is 108 cm³/mol. The number of aryl methyl sites for hydroxylation is 1. The lowest BCUT2D eigenvalue weighted by atomic mass is 10.0. The molecule has 3 rings (SSSR count). The fourth-order valence-electron chi connectivity index (χ4n) is 3.57. The highest BCUT2D eigenvalue weighted by atomic mass is 16.5. The minimum atomic E-state index is -0.0831. The first-order valence-electron chi connectivity index (χ1n) is 9.58. The quantitative estimate of drug-likeness (QED) is 0.735. The molecule has 1 aliphatic heterocycles. The number of nitrogens with zero attached hydrogens (tertiary/aromatic N) is 1. The number of methoxy groups -OCH3 is 2. The summed E-state index contributed by atoms with van der Waals surface area (Å²) in [5.74, 6) is 2.34. The molecular weight excluding hydrogens is 356 g/mol. The molecular formula is C22H28N2O4. The standard InChI is InChI=1S/C22H28N2O4/c1-16-6-4-7-18(14-16)28-13-11-23-22(25)24-12-5-8-20(24)19-15-17(26-2)9-10-21(19)27-3/h4,6-7,9-10,14-15,20H,5,8,11-13H2,1-3H3,(H,23,25). The summed E-state index contributed by atoms with van der Waals surface area (Å²) in [6, 6.07) is 13.5. The zero-order chi connectivity index (χ0) is 19.9. The number of carbonyl (C=O) groups excluding carboxylic acids is 1. The minimum Gasteiger partial charge on any atom is -0.497 e. The summed E-state index contributed by atoms with van der Waals surface area (Å²) in [5.41, 5.74) is 2.12. The average molecular weight is 384 g/mol. The highest BCUT2D eigenvalue weighted by Crippen LogP contribution is 2.38. The van der Waals surface area contributed by atoms with Gasteiger partial charge in [0.15, 0.2) is 0 Å². The molecule has 0 aliphatic carbocycles. The topological polar surface area (TPSA) is 60.0 Å². The van der Waals surface area contributed by atoms with E-state index in [2.05, 4.69) is 5.32 Å². The van der Waals surface area contributed by atoms with Gasteiger partial charge in [-0.25, -0.2) is 4.79 Å². The molecule has 1 fully saturated rings. The molecule has 1 saturated heterocycles. The third-order valence-corrected chi connectivity index (χ3v) is 4.95. The molecule has 2 aromatic carbocycles. The number of ether oxygens (including phenoxy) is 3. The molecule has 28 heavy (non-hydrogen) atoms. The van der Waals surface area contributed by atoms with Crippen LogP contribution < -0.4 is 19.5 Å². The van der Waals surface area contributed by atoms with E-state index < -0.39 is 0 Å². The van der Waals surface area contributed by atoms with E-state index in [0.29, 0.717) is 13.2 Å². The number of rotatable bonds is 7. The van der Waals surface area contributed by atoms with Gasteiger partial charge < -0.3 is 24.4 Å². The number of hydrogen-bond donors (Lipinski definition) is 1. The van der Waals surface area contributed by atoms with Crippen molar-refractivity contribution in [1.29, 1.82) is 0 Å². The van der Waals surface area contributed by atoms with Crippen LogP contribution in [0.3, 0.4) is 0 Å². The van der Waals surface area contributed by atoms with E-state index in [-0.39, 0.29) is 12.1 Å². The highest BCUT2D eigenvalue weighted by Gasteiger charge is 2.32. The Hall–Kier alpha value is -2.89. The van der Waals surface area contributed by atoms with E-state index >= 15 is 0 Å². The van der Waals surface area contributed by atoms with E-state index in [0.717, 1.165) is 47.8 Å². The fraction of sp³-hybridized carbons (Fsp3) is 0.409. The van der Waals surface area contributed by atoms with E-state index in [4.69, 9.17) is 14.2 Å². The molecule has 1 atom stereocenters. The number of urea groups is 1. The van der Waals surface area contributed by atoms with E-state index in [1.807, 2.05) is 54.3 Å². The molecule has 1 heterocycles. The second-order valence-electron chi connectivity index (χ2n) is 6.86. The molecule has 2 amide bonds. The van der Waals surface area contributed by atoms with Crippen molar-refractivity contribution in [1.82, 2.24) is 10.2 Å². The van der Waals surface area contributed by atoms with Crippen LogP contribution in [0.5, 0.6) is 17.2 Å². The van der Waals surface area contributed by atoms with Gasteiger partial charge in [-0.15, -0.1) is 0 Å². The SMILES string of the molecule is COc1ccc(OC)c(C2CCCN2C(=O)NCCOc2cccc(C)c2)c1. The van der Waals surface area contributed by atoms with Gasteiger partial charge in [-0.3, -0.25) is 0 Å². The number of nitrogens with one attached hydrogen (secondary N) is 1. The second kappa shape index (κ2) is 9.35. The van der Waals surface area contributed by atoms with Crippen LogP contribution in [0, 0.1) is 6.92 Å². The normalized spacial score (nSPS) is 16.0. The van der Waals surface area contributed by atoms with Crippen molar-refractivity contribution in [2.45, 2.75) is 25.8 Å². The van der Waals surface area contributed by atoms with Gasteiger partial charge in [0.05, 0.1) is 26.8 Å². The van der Waals surface area contributed by atoms with Crippen molar-refractivity contribution in [3.05, 3.63) is 53.6 Å². The van der Waals surface area contributed by atoms with Gasteiger partial charge >= 0.3 is 6.03 Å². The third-order valence-electron chi connectivity index (χ3n) is 4.95. The van der Waals surface area contributed by atoms with Crippen LogP contribution >= 0.6 is 0 Å². The molecule has 6 heteroatoms. The molecule has 1 N–H and O–H groups in total. The smallest absolute Gasteiger partial charge is 0.318 e. The molecule has 0 bridgehead atoms. The summed E-state index contributed by atoms with van der Waals surface area (Å²) < 4.78 is 16.6. The van der Waals surface area contributed by atoms with Crippen molar-refractivity contribution in [2.24, 2.45) is 0 Å². The summed E-state index contributed by atoms with van der Waals surface area (Å²) in [6.07, 6.45) is 1.86. The van der Waals surface area contributed by atoms with Gasteiger partial charge in [-0.1, -0.05) is 12.1 Å². The van der Waals surface area contributed by atoms with Gasteiger partial charge in [0.1, 0.15) is 23.9 Å². The van der Waals surface area contributed by atoms with Gasteiger partial charge in [0, 0.05) is 12.1 Å². The Kier molecular flexibility index (Phi) is 6.63. The third kappa shape index (κ3) is 4.68. The van der Waals surface area contributed by atoms with E-state index in [1.54, 1.807) is 14.2 Å². The Morgan fingerprint density at radius 1 is 1.14 bits per heavy atom. The molecule has 0 saturated carbocycles. The lowest BCUT2D eigenvalue weighted by molar-refractivity contribution is 0.189. The number of likely N-dealkylation sites (tertiary alicyclic amines) is 1. The maximum Gasteiger partial charge on any atom is 0.318 e. The van der Waals surface area contributed by atoms with Gasteiger partial charge in [0.2, 0.25) is 0 Å². The molecule has 6 nitrogen and oxygen atoms in total. The summed E-state index contributed by atoms with van der Waals surface area (Å²) >= 11 is 0. The zero-order valence-electron chi connectivity index (χ0n) is 16.7. The first kappa shape index (κ1) is 19.9. The van der Waals surface area contributed by atoms with Crippen molar-refractivity contribution in [2.75, 3.05) is 33.9 Å². The largest absolute Gasteiger partial charge is 0.497 e. The number of benzene rings is 2. The fourth-order valence-corrected chi connectivity index (χ4v) is 3.57. The maximum atomic E-state index is 12.7. The monoisotopic (exact) mass is 384 g/mol. The maximum absolute atomic E-state index is 12.7. The van der Waals surface area contributed by atoms with Gasteiger partial charge in [0.25, 0.3) is 0 Å². The second-order valence-corrected chi connectivity index (χ2v) is 6.86. The first-order valence-corrected chi connectivity index (χ1v) is 9.58.